The van der Waals surface area contributed by atoms with Crippen LogP contribution >= 0.6 is 0 Å². The van der Waals surface area contributed by atoms with E-state index in [1.165, 1.54) is 19.3 Å². The second-order valence-electron chi connectivity index (χ2n) is 3.73. The first-order valence-corrected chi connectivity index (χ1v) is 5.09. The molecule has 72 valence electrons. The predicted octanol–water partition coefficient (Wildman–Crippen LogP) is 0.876. The van der Waals surface area contributed by atoms with Gasteiger partial charge in [0.05, 0.1) is 0 Å². The summed E-state index contributed by atoms with van der Waals surface area (Å²) in [5.41, 5.74) is 0.960. The van der Waals surface area contributed by atoms with Gasteiger partial charge in [0.1, 0.15) is 0 Å². The van der Waals surface area contributed by atoms with Gasteiger partial charge in [-0.05, 0) is 25.7 Å². The largest absolute Gasteiger partial charge is 0.390 e. The van der Waals surface area contributed by atoms with E-state index in [-0.39, 0.29) is 5.91 Å². The monoisotopic (exact) mass is 180 g/mol. The van der Waals surface area contributed by atoms with Crippen LogP contribution in [0.4, 0.5) is 0 Å². The fourth-order valence-electron chi connectivity index (χ4n) is 1.94. The van der Waals surface area contributed by atoms with Crippen LogP contribution in [0.2, 0.25) is 0 Å². The minimum atomic E-state index is 0.254. The van der Waals surface area contributed by atoms with E-state index >= 15 is 0 Å². The van der Waals surface area contributed by atoms with Crippen molar-refractivity contribution in [1.82, 2.24) is 10.2 Å². The van der Waals surface area contributed by atoms with Crippen LogP contribution in [-0.2, 0) is 4.79 Å². The molecule has 1 N–H and O–H groups in total. The zero-order valence-corrected chi connectivity index (χ0v) is 7.88. The van der Waals surface area contributed by atoms with E-state index < -0.39 is 0 Å². The van der Waals surface area contributed by atoms with Gasteiger partial charge in [-0.25, -0.2) is 0 Å². The van der Waals surface area contributed by atoms with Crippen LogP contribution in [0.1, 0.15) is 25.7 Å². The fraction of sp³-hybridized carbons (Fsp3) is 0.700. The van der Waals surface area contributed by atoms with Crippen molar-refractivity contribution >= 4 is 5.91 Å². The zero-order valence-electron chi connectivity index (χ0n) is 7.88. The van der Waals surface area contributed by atoms with Gasteiger partial charge in [-0.3, -0.25) is 4.79 Å². The quantitative estimate of drug-likeness (QED) is 0.649. The van der Waals surface area contributed by atoms with Crippen LogP contribution in [0.15, 0.2) is 11.8 Å². The van der Waals surface area contributed by atoms with Crippen molar-refractivity contribution in [1.29, 1.82) is 0 Å². The van der Waals surface area contributed by atoms with E-state index in [0.29, 0.717) is 0 Å². The maximum Gasteiger partial charge on any atom is 0.251 e. The number of carbonyl (C=O) groups is 1. The molecule has 3 heteroatoms. The Morgan fingerprint density at radius 1 is 1.31 bits per heavy atom. The molecule has 2 aliphatic heterocycles. The van der Waals surface area contributed by atoms with Gasteiger partial charge in [0.15, 0.2) is 0 Å². The van der Waals surface area contributed by atoms with E-state index in [9.17, 15) is 4.79 Å². The van der Waals surface area contributed by atoms with Gasteiger partial charge in [-0.1, -0.05) is 0 Å². The molecule has 13 heavy (non-hydrogen) atoms. The van der Waals surface area contributed by atoms with Gasteiger partial charge in [-0.2, -0.15) is 0 Å². The number of piperidine rings is 1. The van der Waals surface area contributed by atoms with Crippen LogP contribution in [-0.4, -0.2) is 30.4 Å². The molecule has 0 aliphatic carbocycles. The molecular formula is C10H16N2O. The first kappa shape index (κ1) is 8.60. The van der Waals surface area contributed by atoms with E-state index in [0.717, 1.165) is 31.6 Å². The van der Waals surface area contributed by atoms with E-state index in [4.69, 9.17) is 0 Å². The summed E-state index contributed by atoms with van der Waals surface area (Å²) >= 11 is 0. The summed E-state index contributed by atoms with van der Waals surface area (Å²) in [6.45, 7) is 2.83. The van der Waals surface area contributed by atoms with Gasteiger partial charge in [0.2, 0.25) is 0 Å². The highest BCUT2D eigenvalue weighted by Crippen LogP contribution is 2.15. The number of likely N-dealkylation sites (tertiary alicyclic amines) is 1. The Labute approximate surface area is 78.8 Å². The molecule has 1 fully saturated rings. The Balaban J connectivity index is 1.94. The first-order chi connectivity index (χ1) is 6.38. The lowest BCUT2D eigenvalue weighted by atomic mass is 10.1. The molecule has 2 aliphatic rings. The van der Waals surface area contributed by atoms with Crippen molar-refractivity contribution in [2.75, 3.05) is 19.6 Å². The molecule has 0 atom stereocenters. The summed E-state index contributed by atoms with van der Waals surface area (Å²) in [6.07, 6.45) is 6.40. The Morgan fingerprint density at radius 3 is 2.69 bits per heavy atom. The molecule has 0 aromatic heterocycles. The summed E-state index contributed by atoms with van der Waals surface area (Å²) in [5, 5.41) is 3.08. The smallest absolute Gasteiger partial charge is 0.251 e. The lowest BCUT2D eigenvalue weighted by Crippen LogP contribution is -2.36. The average molecular weight is 180 g/mol. The van der Waals surface area contributed by atoms with Crippen molar-refractivity contribution in [2.24, 2.45) is 0 Å². The minimum absolute atomic E-state index is 0.254. The lowest BCUT2D eigenvalue weighted by Gasteiger charge is -2.26. The van der Waals surface area contributed by atoms with Gasteiger partial charge < -0.3 is 10.2 Å². The maximum absolute atomic E-state index is 11.8. The molecule has 2 heterocycles. The van der Waals surface area contributed by atoms with Crippen molar-refractivity contribution < 1.29 is 4.79 Å². The molecule has 1 saturated heterocycles. The summed E-state index contributed by atoms with van der Waals surface area (Å²) in [5.74, 6) is 0.254. The summed E-state index contributed by atoms with van der Waals surface area (Å²) in [4.78, 5) is 13.8. The van der Waals surface area contributed by atoms with E-state index in [2.05, 4.69) is 5.32 Å². The van der Waals surface area contributed by atoms with E-state index in [1.807, 2.05) is 11.1 Å². The molecular weight excluding hydrogens is 164 g/mol. The Hall–Kier alpha value is -0.990. The number of amides is 1. The third kappa shape index (κ3) is 1.85. The van der Waals surface area contributed by atoms with Gasteiger partial charge >= 0.3 is 0 Å². The second kappa shape index (κ2) is 3.81. The Kier molecular flexibility index (Phi) is 2.52. The Morgan fingerprint density at radius 2 is 2.08 bits per heavy atom. The SMILES string of the molecule is O=C(C1=CNCC1)N1CCCCC1. The minimum Gasteiger partial charge on any atom is -0.390 e. The lowest BCUT2D eigenvalue weighted by molar-refractivity contribution is -0.128. The van der Waals surface area contributed by atoms with Crippen molar-refractivity contribution in [2.45, 2.75) is 25.7 Å². The number of hydrogen-bond acceptors (Lipinski definition) is 2. The predicted molar refractivity (Wildman–Crippen MR) is 51.1 cm³/mol. The van der Waals surface area contributed by atoms with Gasteiger partial charge in [0.25, 0.3) is 5.91 Å². The number of nitrogens with zero attached hydrogens (tertiary/aromatic N) is 1. The molecule has 0 radical (unpaired) electrons. The summed E-state index contributed by atoms with van der Waals surface area (Å²) in [6, 6.07) is 0. The highest BCUT2D eigenvalue weighted by Gasteiger charge is 2.21. The normalized spacial score (nSPS) is 22.5. The van der Waals surface area contributed by atoms with Gasteiger partial charge in [0, 0.05) is 31.4 Å². The third-order valence-electron chi connectivity index (χ3n) is 2.73. The topological polar surface area (TPSA) is 32.3 Å². The van der Waals surface area contributed by atoms with Crippen LogP contribution in [0.25, 0.3) is 0 Å². The van der Waals surface area contributed by atoms with E-state index in [1.54, 1.807) is 0 Å². The summed E-state index contributed by atoms with van der Waals surface area (Å²) < 4.78 is 0. The highest BCUT2D eigenvalue weighted by molar-refractivity contribution is 5.93. The number of rotatable bonds is 1. The molecule has 0 aromatic rings. The molecule has 0 saturated carbocycles. The zero-order chi connectivity index (χ0) is 9.10. The number of hydrogen-bond donors (Lipinski definition) is 1. The molecule has 0 bridgehead atoms. The van der Waals surface area contributed by atoms with Crippen LogP contribution in [0.5, 0.6) is 0 Å². The van der Waals surface area contributed by atoms with Crippen molar-refractivity contribution in [3.05, 3.63) is 11.8 Å². The molecule has 3 nitrogen and oxygen atoms in total. The maximum atomic E-state index is 11.8. The Bertz CT molecular complexity index is 229. The van der Waals surface area contributed by atoms with Crippen LogP contribution < -0.4 is 5.32 Å². The fourth-order valence-corrected chi connectivity index (χ4v) is 1.94. The molecule has 1 amide bonds. The first-order valence-electron chi connectivity index (χ1n) is 5.09. The molecule has 0 spiro atoms. The highest BCUT2D eigenvalue weighted by atomic mass is 16.2. The van der Waals surface area contributed by atoms with Crippen molar-refractivity contribution in [3.63, 3.8) is 0 Å². The second-order valence-corrected chi connectivity index (χ2v) is 3.73. The number of nitrogens with one attached hydrogen (secondary N) is 1. The molecule has 0 aromatic carbocycles. The summed E-state index contributed by atoms with van der Waals surface area (Å²) in [7, 11) is 0. The molecule has 2 rings (SSSR count). The standard InChI is InChI=1S/C10H16N2O/c13-10(9-4-5-11-8-9)12-6-2-1-3-7-12/h8,11H,1-7H2. The molecule has 0 unspecified atom stereocenters. The van der Waals surface area contributed by atoms with Crippen LogP contribution in [0, 0.1) is 0 Å². The van der Waals surface area contributed by atoms with Gasteiger partial charge in [-0.15, -0.1) is 0 Å². The van der Waals surface area contributed by atoms with Crippen molar-refractivity contribution in [3.8, 4) is 0 Å². The average Bonchev–Trinajstić information content (AvgIpc) is 2.71. The van der Waals surface area contributed by atoms with Crippen LogP contribution in [0.3, 0.4) is 0 Å². The third-order valence-corrected chi connectivity index (χ3v) is 2.73. The number of carbonyl (C=O) groups excluding carboxylic acids is 1.